The predicted octanol–water partition coefficient (Wildman–Crippen LogP) is 4.76. The molecule has 3 saturated heterocycles. The molecule has 3 N–H and O–H groups in total. The molecule has 0 radical (unpaired) electrons. The van der Waals surface area contributed by atoms with Crippen LogP contribution in [0.15, 0.2) is 72.8 Å². The fraction of sp³-hybridized carbons (Fsp3) is 0.382. The molecule has 44 heavy (non-hydrogen) atoms. The molecule has 7 atom stereocenters. The Morgan fingerprint density at radius 1 is 1.07 bits per heavy atom. The Bertz CT molecular complexity index is 1570. The molecule has 3 aromatic rings. The first kappa shape index (κ1) is 30.3. The largest absolute Gasteiger partial charge is 0.494 e. The Labute approximate surface area is 265 Å². The number of anilines is 2. The van der Waals surface area contributed by atoms with Crippen molar-refractivity contribution in [3.63, 3.8) is 0 Å². The summed E-state index contributed by atoms with van der Waals surface area (Å²) in [6, 6.07) is 20.1. The highest BCUT2D eigenvalue weighted by atomic mass is 79.9. The van der Waals surface area contributed by atoms with Crippen LogP contribution in [-0.2, 0) is 19.1 Å². The van der Waals surface area contributed by atoms with Crippen LogP contribution in [0.1, 0.15) is 36.1 Å². The number of rotatable bonds is 9. The van der Waals surface area contributed by atoms with E-state index in [1.165, 1.54) is 4.90 Å². The number of aliphatic hydroxyl groups excluding tert-OH is 1. The van der Waals surface area contributed by atoms with Gasteiger partial charge in [-0.1, -0.05) is 58.4 Å². The van der Waals surface area contributed by atoms with Gasteiger partial charge >= 0.3 is 0 Å². The fourth-order valence-electron chi connectivity index (χ4n) is 7.13. The number of fused-ring (bicyclic) bond motifs is 1. The van der Waals surface area contributed by atoms with Crippen LogP contribution in [0, 0.1) is 25.7 Å². The lowest BCUT2D eigenvalue weighted by atomic mass is 9.70. The molecule has 2 bridgehead atoms. The van der Waals surface area contributed by atoms with E-state index in [9.17, 15) is 19.5 Å². The van der Waals surface area contributed by atoms with Crippen LogP contribution in [0.3, 0.4) is 0 Å². The summed E-state index contributed by atoms with van der Waals surface area (Å²) < 4.78 is 12.2. The number of hydrogen-bond acceptors (Lipinski definition) is 6. The summed E-state index contributed by atoms with van der Waals surface area (Å²) in [6.07, 6.45) is -0.260. The number of nitrogens with one attached hydrogen (secondary N) is 2. The van der Waals surface area contributed by atoms with Gasteiger partial charge in [-0.25, -0.2) is 0 Å². The Kier molecular flexibility index (Phi) is 8.26. The molecule has 3 aromatic carbocycles. The minimum Gasteiger partial charge on any atom is -0.494 e. The highest BCUT2D eigenvalue weighted by Gasteiger charge is 2.77. The molecule has 3 amide bonds. The summed E-state index contributed by atoms with van der Waals surface area (Å²) in [4.78, 5) is 44.1. The predicted molar refractivity (Wildman–Crippen MR) is 170 cm³/mol. The molecular formula is C34H36BrN3O6. The summed E-state index contributed by atoms with van der Waals surface area (Å²) in [5.41, 5.74) is 2.45. The molecule has 1 spiro atoms. The highest BCUT2D eigenvalue weighted by Crippen LogP contribution is 2.61. The maximum atomic E-state index is 14.6. The number of carbonyl (C=O) groups is 3. The van der Waals surface area contributed by atoms with Crippen LogP contribution in [0.2, 0.25) is 0 Å². The fourth-order valence-corrected chi connectivity index (χ4v) is 8.07. The molecule has 3 unspecified atom stereocenters. The van der Waals surface area contributed by atoms with E-state index < -0.39 is 48.1 Å². The van der Waals surface area contributed by atoms with Crippen LogP contribution in [0.25, 0.3) is 0 Å². The van der Waals surface area contributed by atoms with Crippen LogP contribution < -0.4 is 15.4 Å². The van der Waals surface area contributed by atoms with Gasteiger partial charge in [0.1, 0.15) is 17.4 Å². The van der Waals surface area contributed by atoms with Gasteiger partial charge in [0.25, 0.3) is 0 Å². The van der Waals surface area contributed by atoms with Crippen molar-refractivity contribution in [1.82, 2.24) is 4.90 Å². The van der Waals surface area contributed by atoms with E-state index in [1.54, 1.807) is 24.3 Å². The van der Waals surface area contributed by atoms with E-state index in [0.717, 1.165) is 11.1 Å². The van der Waals surface area contributed by atoms with Gasteiger partial charge in [0.05, 0.1) is 37.2 Å². The third kappa shape index (κ3) is 5.08. The number of nitrogens with zero attached hydrogens (tertiary/aromatic N) is 1. The number of benzene rings is 3. The van der Waals surface area contributed by atoms with Crippen LogP contribution >= 0.6 is 15.9 Å². The lowest BCUT2D eigenvalue weighted by Gasteiger charge is -2.37. The number of amides is 3. The average molecular weight is 663 g/mol. The molecule has 3 aliphatic rings. The standard InChI is InChI=1S/C34H36BrN3O6/c1-4-43-23-14-12-22(13-15-23)36-31(40)27-28-33(42)38(26(18-39)21-8-6-5-7-9-21)30(34(28)17-24(35)29(27)44-34)32(41)37-25-16-19(2)10-11-20(25)3/h5-16,24,26-30,39H,4,17-18H2,1-3H3,(H,36,40)(H,37,41)/t24?,26-,27-,28+,29-,30?,34?/m1/s1. The van der Waals surface area contributed by atoms with Crippen LogP contribution in [0.5, 0.6) is 5.75 Å². The zero-order valence-corrected chi connectivity index (χ0v) is 26.4. The second-order valence-electron chi connectivity index (χ2n) is 11.8. The zero-order chi connectivity index (χ0) is 31.2. The van der Waals surface area contributed by atoms with Crippen molar-refractivity contribution in [2.24, 2.45) is 11.8 Å². The smallest absolute Gasteiger partial charge is 0.250 e. The first-order valence-corrected chi connectivity index (χ1v) is 15.8. The Morgan fingerprint density at radius 3 is 2.48 bits per heavy atom. The van der Waals surface area contributed by atoms with E-state index in [0.29, 0.717) is 35.7 Å². The normalized spacial score (nSPS) is 27.6. The van der Waals surface area contributed by atoms with Crippen molar-refractivity contribution in [2.45, 2.75) is 55.8 Å². The van der Waals surface area contributed by atoms with Gasteiger partial charge < -0.3 is 30.1 Å². The molecule has 230 valence electrons. The number of carbonyl (C=O) groups excluding carboxylic acids is 3. The molecule has 0 aliphatic carbocycles. The minimum absolute atomic E-state index is 0.261. The molecule has 6 rings (SSSR count). The molecule has 9 nitrogen and oxygen atoms in total. The summed E-state index contributed by atoms with van der Waals surface area (Å²) in [5.74, 6) is -2.26. The third-order valence-electron chi connectivity index (χ3n) is 9.06. The number of ether oxygens (including phenoxy) is 2. The van der Waals surface area contributed by atoms with E-state index in [-0.39, 0.29) is 16.6 Å². The highest BCUT2D eigenvalue weighted by molar-refractivity contribution is 9.09. The first-order valence-electron chi connectivity index (χ1n) is 14.9. The van der Waals surface area contributed by atoms with E-state index >= 15 is 0 Å². The Morgan fingerprint density at radius 2 is 1.80 bits per heavy atom. The van der Waals surface area contributed by atoms with Crippen molar-refractivity contribution in [2.75, 3.05) is 23.8 Å². The van der Waals surface area contributed by atoms with Crippen LogP contribution in [0.4, 0.5) is 11.4 Å². The lowest BCUT2D eigenvalue weighted by Crippen LogP contribution is -2.55. The zero-order valence-electron chi connectivity index (χ0n) is 24.8. The monoisotopic (exact) mass is 661 g/mol. The molecule has 0 aromatic heterocycles. The molecule has 3 fully saturated rings. The summed E-state index contributed by atoms with van der Waals surface area (Å²) in [5, 5.41) is 16.7. The van der Waals surface area contributed by atoms with Crippen molar-refractivity contribution in [1.29, 1.82) is 0 Å². The van der Waals surface area contributed by atoms with Crippen molar-refractivity contribution in [3.05, 3.63) is 89.5 Å². The maximum Gasteiger partial charge on any atom is 0.250 e. The average Bonchev–Trinajstić information content (AvgIpc) is 3.60. The summed E-state index contributed by atoms with van der Waals surface area (Å²) in [6.45, 7) is 5.86. The summed E-state index contributed by atoms with van der Waals surface area (Å²) >= 11 is 3.72. The number of halogens is 1. The van der Waals surface area contributed by atoms with E-state index in [4.69, 9.17) is 9.47 Å². The topological polar surface area (TPSA) is 117 Å². The minimum atomic E-state index is -1.28. The first-order chi connectivity index (χ1) is 21.2. The molecule has 0 saturated carbocycles. The van der Waals surface area contributed by atoms with Gasteiger partial charge in [0.15, 0.2) is 0 Å². The van der Waals surface area contributed by atoms with Gasteiger partial charge in [0.2, 0.25) is 17.7 Å². The van der Waals surface area contributed by atoms with Crippen molar-refractivity contribution < 1.29 is 29.0 Å². The molecule has 3 aliphatic heterocycles. The number of likely N-dealkylation sites (tertiary alicyclic amines) is 1. The summed E-state index contributed by atoms with van der Waals surface area (Å²) in [7, 11) is 0. The Hall–Kier alpha value is -3.73. The SMILES string of the molecule is CCOc1ccc(NC(=O)[C@H]2[C@@H]3OC4(CC3Br)C(C(=O)Nc3cc(C)ccc3C)N([C@H](CO)c3ccccc3)C(=O)[C@H]24)cc1. The van der Waals surface area contributed by atoms with Gasteiger partial charge in [-0.2, -0.15) is 0 Å². The van der Waals surface area contributed by atoms with Crippen molar-refractivity contribution >= 4 is 45.0 Å². The lowest BCUT2D eigenvalue weighted by molar-refractivity contribution is -0.143. The number of aliphatic hydroxyl groups is 1. The molecule has 10 heteroatoms. The van der Waals surface area contributed by atoms with Gasteiger partial charge in [-0.05, 0) is 74.2 Å². The number of aryl methyl sites for hydroxylation is 2. The van der Waals surface area contributed by atoms with Gasteiger partial charge in [-0.15, -0.1) is 0 Å². The molecular weight excluding hydrogens is 626 g/mol. The van der Waals surface area contributed by atoms with Gasteiger partial charge in [-0.3, -0.25) is 14.4 Å². The number of alkyl halides is 1. The Balaban J connectivity index is 1.39. The van der Waals surface area contributed by atoms with E-state index in [1.807, 2.05) is 69.3 Å². The molecule has 3 heterocycles. The second-order valence-corrected chi connectivity index (χ2v) is 12.9. The van der Waals surface area contributed by atoms with Crippen molar-refractivity contribution in [3.8, 4) is 5.75 Å². The van der Waals surface area contributed by atoms with E-state index in [2.05, 4.69) is 26.6 Å². The number of hydrogen-bond donors (Lipinski definition) is 3. The maximum absolute atomic E-state index is 14.6. The second kappa shape index (κ2) is 12.0. The van der Waals surface area contributed by atoms with Gasteiger partial charge in [0, 0.05) is 16.2 Å². The van der Waals surface area contributed by atoms with Crippen LogP contribution in [-0.4, -0.2) is 63.5 Å². The quantitative estimate of drug-likeness (QED) is 0.285. The third-order valence-corrected chi connectivity index (χ3v) is 9.90.